The van der Waals surface area contributed by atoms with Gasteiger partial charge in [0, 0.05) is 50.4 Å². The van der Waals surface area contributed by atoms with E-state index in [2.05, 4.69) is 30.3 Å². The molecular weight excluding hydrogens is 466 g/mol. The van der Waals surface area contributed by atoms with E-state index in [-0.39, 0.29) is 24.1 Å². The minimum atomic E-state index is -0.372. The molecule has 1 fully saturated rings. The highest BCUT2D eigenvalue weighted by molar-refractivity contribution is 5.77. The van der Waals surface area contributed by atoms with Crippen molar-refractivity contribution < 1.29 is 13.6 Å². The van der Waals surface area contributed by atoms with Crippen LogP contribution in [0.3, 0.4) is 0 Å². The molecule has 0 unspecified atom stereocenters. The quantitative estimate of drug-likeness (QED) is 0.444. The van der Waals surface area contributed by atoms with Gasteiger partial charge in [-0.05, 0) is 48.5 Å². The van der Waals surface area contributed by atoms with Crippen LogP contribution in [0.1, 0.15) is 0 Å². The number of nitrogens with zero attached hydrogens (tertiary/aromatic N) is 7. The van der Waals surface area contributed by atoms with Gasteiger partial charge in [-0.2, -0.15) is 0 Å². The predicted octanol–water partition coefficient (Wildman–Crippen LogP) is 3.07. The van der Waals surface area contributed by atoms with Crippen LogP contribution in [-0.2, 0) is 11.3 Å². The van der Waals surface area contributed by atoms with Gasteiger partial charge in [-0.1, -0.05) is 0 Å². The maximum absolute atomic E-state index is 13.5. The van der Waals surface area contributed by atoms with Gasteiger partial charge in [-0.25, -0.2) is 28.4 Å². The Kier molecular flexibility index (Phi) is 6.52. The van der Waals surface area contributed by atoms with E-state index in [4.69, 9.17) is 0 Å². The summed E-state index contributed by atoms with van der Waals surface area (Å²) >= 11 is 0. The number of aromatic nitrogens is 5. The van der Waals surface area contributed by atoms with E-state index < -0.39 is 0 Å². The molecule has 2 aromatic heterocycles. The van der Waals surface area contributed by atoms with Crippen molar-refractivity contribution in [1.82, 2.24) is 29.6 Å². The molecule has 0 saturated carbocycles. The first-order valence-electron chi connectivity index (χ1n) is 11.5. The molecule has 184 valence electrons. The summed E-state index contributed by atoms with van der Waals surface area (Å²) in [5.41, 5.74) is 1.24. The lowest BCUT2D eigenvalue weighted by Crippen LogP contribution is -2.50. The molecule has 2 aromatic carbocycles. The van der Waals surface area contributed by atoms with Crippen molar-refractivity contribution in [3.63, 3.8) is 0 Å². The zero-order valence-corrected chi connectivity index (χ0v) is 19.6. The minimum absolute atomic E-state index is 0.0295. The molecule has 11 heteroatoms. The van der Waals surface area contributed by atoms with Crippen LogP contribution in [0.2, 0.25) is 0 Å². The van der Waals surface area contributed by atoms with Crippen molar-refractivity contribution >= 4 is 17.5 Å². The molecule has 36 heavy (non-hydrogen) atoms. The molecule has 1 saturated heterocycles. The SMILES string of the molecule is CNc1cc(N2CCN(C(=O)Cn3nc(-c4ccc(F)cc4)nc3-c3ccc(F)cc3)CC2)ncn1. The monoisotopic (exact) mass is 490 g/mol. The van der Waals surface area contributed by atoms with Crippen molar-refractivity contribution in [2.45, 2.75) is 6.54 Å². The summed E-state index contributed by atoms with van der Waals surface area (Å²) in [4.78, 5) is 30.2. The third-order valence-corrected chi connectivity index (χ3v) is 6.03. The van der Waals surface area contributed by atoms with E-state index in [1.807, 2.05) is 6.07 Å². The van der Waals surface area contributed by atoms with Gasteiger partial charge in [-0.3, -0.25) is 4.79 Å². The van der Waals surface area contributed by atoms with Gasteiger partial charge in [0.25, 0.3) is 0 Å². The molecule has 4 aromatic rings. The zero-order chi connectivity index (χ0) is 25.1. The highest BCUT2D eigenvalue weighted by Crippen LogP contribution is 2.24. The fourth-order valence-corrected chi connectivity index (χ4v) is 4.06. The van der Waals surface area contributed by atoms with Crippen LogP contribution in [0.5, 0.6) is 0 Å². The Morgan fingerprint density at radius 3 is 2.19 bits per heavy atom. The van der Waals surface area contributed by atoms with E-state index in [0.717, 1.165) is 11.6 Å². The molecular formula is C25H24F2N8O. The number of anilines is 2. The zero-order valence-electron chi connectivity index (χ0n) is 19.6. The van der Waals surface area contributed by atoms with Crippen LogP contribution in [0.4, 0.5) is 20.4 Å². The van der Waals surface area contributed by atoms with E-state index in [1.165, 1.54) is 35.3 Å². The molecule has 1 N–H and O–H groups in total. The standard InChI is InChI=1S/C25H24F2N8O/c1-28-21-14-22(30-16-29-21)33-10-12-34(13-11-33)23(36)15-35-25(18-4-8-20(27)9-5-18)31-24(32-35)17-2-6-19(26)7-3-17/h2-9,14,16H,10-13,15H2,1H3,(H,28,29,30). The van der Waals surface area contributed by atoms with Gasteiger partial charge in [0.2, 0.25) is 5.91 Å². The number of hydrogen-bond donors (Lipinski definition) is 1. The third-order valence-electron chi connectivity index (χ3n) is 6.03. The van der Waals surface area contributed by atoms with Crippen molar-refractivity contribution in [3.8, 4) is 22.8 Å². The average Bonchev–Trinajstić information content (AvgIpc) is 3.33. The number of piperazine rings is 1. The van der Waals surface area contributed by atoms with Crippen molar-refractivity contribution in [2.24, 2.45) is 0 Å². The van der Waals surface area contributed by atoms with Crippen LogP contribution in [0.15, 0.2) is 60.9 Å². The molecule has 1 aliphatic heterocycles. The van der Waals surface area contributed by atoms with Crippen molar-refractivity contribution in [3.05, 3.63) is 72.6 Å². The number of halogens is 2. The number of hydrogen-bond acceptors (Lipinski definition) is 7. The Balaban J connectivity index is 1.34. The molecule has 0 aliphatic carbocycles. The third kappa shape index (κ3) is 4.99. The second-order valence-electron chi connectivity index (χ2n) is 8.31. The number of benzene rings is 2. The smallest absolute Gasteiger partial charge is 0.244 e. The average molecular weight is 491 g/mol. The van der Waals surface area contributed by atoms with E-state index in [0.29, 0.717) is 49.0 Å². The summed E-state index contributed by atoms with van der Waals surface area (Å²) < 4.78 is 28.4. The lowest BCUT2D eigenvalue weighted by molar-refractivity contribution is -0.132. The van der Waals surface area contributed by atoms with Gasteiger partial charge < -0.3 is 15.1 Å². The van der Waals surface area contributed by atoms with Crippen LogP contribution >= 0.6 is 0 Å². The lowest BCUT2D eigenvalue weighted by atomic mass is 10.2. The van der Waals surface area contributed by atoms with E-state index in [9.17, 15) is 13.6 Å². The molecule has 0 spiro atoms. The summed E-state index contributed by atoms with van der Waals surface area (Å²) in [6.45, 7) is 2.30. The summed E-state index contributed by atoms with van der Waals surface area (Å²) in [6, 6.07) is 13.5. The Bertz CT molecular complexity index is 1350. The second-order valence-corrected chi connectivity index (χ2v) is 8.31. The predicted molar refractivity (Wildman–Crippen MR) is 131 cm³/mol. The molecule has 1 aliphatic rings. The van der Waals surface area contributed by atoms with Gasteiger partial charge in [0.15, 0.2) is 11.6 Å². The molecule has 3 heterocycles. The Labute approximate surface area is 206 Å². The van der Waals surface area contributed by atoms with Gasteiger partial charge in [0.05, 0.1) is 0 Å². The van der Waals surface area contributed by atoms with Crippen LogP contribution < -0.4 is 10.2 Å². The van der Waals surface area contributed by atoms with Gasteiger partial charge in [-0.15, -0.1) is 5.10 Å². The topological polar surface area (TPSA) is 92.1 Å². The lowest BCUT2D eigenvalue weighted by Gasteiger charge is -2.35. The number of nitrogens with one attached hydrogen (secondary N) is 1. The Morgan fingerprint density at radius 1 is 0.917 bits per heavy atom. The Hall–Kier alpha value is -4.41. The summed E-state index contributed by atoms with van der Waals surface area (Å²) in [6.07, 6.45) is 1.51. The highest BCUT2D eigenvalue weighted by Gasteiger charge is 2.24. The van der Waals surface area contributed by atoms with Gasteiger partial charge >= 0.3 is 0 Å². The molecule has 1 amide bonds. The number of rotatable bonds is 6. The minimum Gasteiger partial charge on any atom is -0.373 e. The first kappa shape index (κ1) is 23.3. The Morgan fingerprint density at radius 2 is 1.56 bits per heavy atom. The normalized spacial score (nSPS) is 13.6. The van der Waals surface area contributed by atoms with Crippen molar-refractivity contribution in [1.29, 1.82) is 0 Å². The summed E-state index contributed by atoms with van der Waals surface area (Å²) in [5, 5.41) is 7.53. The molecule has 0 bridgehead atoms. The fourth-order valence-electron chi connectivity index (χ4n) is 4.06. The molecule has 0 radical (unpaired) electrons. The maximum atomic E-state index is 13.5. The molecule has 5 rings (SSSR count). The number of carbonyl (C=O) groups is 1. The number of carbonyl (C=O) groups excluding carboxylic acids is 1. The summed E-state index contributed by atoms with van der Waals surface area (Å²) in [5.74, 6) is 1.48. The first-order chi connectivity index (χ1) is 17.5. The first-order valence-corrected chi connectivity index (χ1v) is 11.5. The second kappa shape index (κ2) is 10.1. The van der Waals surface area contributed by atoms with E-state index >= 15 is 0 Å². The highest BCUT2D eigenvalue weighted by atomic mass is 19.1. The summed E-state index contributed by atoms with van der Waals surface area (Å²) in [7, 11) is 1.80. The molecule has 9 nitrogen and oxygen atoms in total. The van der Waals surface area contributed by atoms with Crippen molar-refractivity contribution in [2.75, 3.05) is 43.4 Å². The molecule has 0 atom stereocenters. The van der Waals surface area contributed by atoms with Crippen LogP contribution in [-0.4, -0.2) is 68.8 Å². The largest absolute Gasteiger partial charge is 0.373 e. The number of amides is 1. The van der Waals surface area contributed by atoms with Crippen LogP contribution in [0.25, 0.3) is 22.8 Å². The van der Waals surface area contributed by atoms with Crippen LogP contribution in [0, 0.1) is 11.6 Å². The maximum Gasteiger partial charge on any atom is 0.244 e. The fraction of sp³-hybridized carbons (Fsp3) is 0.240. The van der Waals surface area contributed by atoms with Gasteiger partial charge in [0.1, 0.15) is 36.1 Å². The van der Waals surface area contributed by atoms with E-state index in [1.54, 1.807) is 36.2 Å².